The molecule has 0 saturated carbocycles. The van der Waals surface area contributed by atoms with Crippen molar-refractivity contribution in [1.29, 1.82) is 0 Å². The molecule has 0 spiro atoms. The van der Waals surface area contributed by atoms with E-state index >= 15 is 0 Å². The number of rotatable bonds is 14. The molecular formula is C32H34N7O7+. The highest BCUT2D eigenvalue weighted by atomic mass is 16.5. The number of aromatic nitrogens is 2. The van der Waals surface area contributed by atoms with Crippen molar-refractivity contribution in [3.8, 4) is 11.1 Å². The van der Waals surface area contributed by atoms with Gasteiger partial charge in [0.1, 0.15) is 19.3 Å². The minimum absolute atomic E-state index is 0.00739. The molecule has 4 aromatic rings. The van der Waals surface area contributed by atoms with Crippen LogP contribution >= 0.6 is 0 Å². The zero-order chi connectivity index (χ0) is 32.5. The molecule has 1 aromatic heterocycles. The van der Waals surface area contributed by atoms with Crippen LogP contribution < -0.4 is 21.3 Å². The van der Waals surface area contributed by atoms with Gasteiger partial charge in [0.05, 0.1) is 24.0 Å². The topological polar surface area (TPSA) is 192 Å². The fraction of sp³-hybridized carbons (Fsp3) is 0.250. The summed E-state index contributed by atoms with van der Waals surface area (Å²) in [7, 11) is 0. The Morgan fingerprint density at radius 3 is 2.35 bits per heavy atom. The molecule has 14 heteroatoms. The van der Waals surface area contributed by atoms with E-state index in [1.807, 2.05) is 66.7 Å². The molecule has 2 heterocycles. The predicted octanol–water partition coefficient (Wildman–Crippen LogP) is 2.94. The second kappa shape index (κ2) is 14.3. The van der Waals surface area contributed by atoms with E-state index in [1.54, 1.807) is 12.1 Å². The van der Waals surface area contributed by atoms with Crippen molar-refractivity contribution in [2.24, 2.45) is 0 Å². The molecule has 0 aliphatic carbocycles. The average molecular weight is 629 g/mol. The Bertz CT molecular complexity index is 1670. The Labute approximate surface area is 263 Å². The number of carbonyl (C=O) groups is 5. The SMILES string of the molecule is O=C(O)CC(NC(=O)C[N+]1(CCCNc2nc3ccccc3[nH]2)C(=O)CNC1=O)NC(=O)OCc1ccc(-c2ccccc2)cc1. The molecule has 2 atom stereocenters. The lowest BCUT2D eigenvalue weighted by atomic mass is 10.0. The van der Waals surface area contributed by atoms with Gasteiger partial charge in [-0.3, -0.25) is 14.9 Å². The number of carboxylic acid groups (broad SMARTS) is 1. The van der Waals surface area contributed by atoms with E-state index in [1.165, 1.54) is 0 Å². The number of carboxylic acids is 1. The smallest absolute Gasteiger partial charge is 0.425 e. The van der Waals surface area contributed by atoms with Crippen molar-refractivity contribution in [2.75, 3.05) is 31.5 Å². The molecular weight excluding hydrogens is 594 g/mol. The van der Waals surface area contributed by atoms with E-state index in [0.29, 0.717) is 24.5 Å². The number of benzene rings is 3. The van der Waals surface area contributed by atoms with E-state index in [9.17, 15) is 29.1 Å². The van der Waals surface area contributed by atoms with Gasteiger partial charge in [-0.2, -0.15) is 4.48 Å². The van der Waals surface area contributed by atoms with Gasteiger partial charge in [-0.05, 0) is 28.8 Å². The number of imide groups is 1. The number of nitrogens with one attached hydrogen (secondary N) is 5. The number of carbonyl (C=O) groups excluding carboxylic acids is 4. The number of anilines is 1. The van der Waals surface area contributed by atoms with Gasteiger partial charge in [-0.15, -0.1) is 0 Å². The summed E-state index contributed by atoms with van der Waals surface area (Å²) in [5.41, 5.74) is 4.37. The number of alkyl carbamates (subject to hydrolysis) is 1. The molecule has 46 heavy (non-hydrogen) atoms. The molecule has 5 rings (SSSR count). The van der Waals surface area contributed by atoms with Gasteiger partial charge < -0.3 is 30.8 Å². The lowest BCUT2D eigenvalue weighted by Gasteiger charge is -2.27. The third kappa shape index (κ3) is 7.84. The highest BCUT2D eigenvalue weighted by Crippen LogP contribution is 2.20. The molecule has 6 N–H and O–H groups in total. The number of imidazole rings is 1. The number of aromatic amines is 1. The van der Waals surface area contributed by atoms with E-state index in [-0.39, 0.29) is 19.7 Å². The molecule has 14 nitrogen and oxygen atoms in total. The number of hydrogen-bond donors (Lipinski definition) is 6. The largest absolute Gasteiger partial charge is 0.481 e. The van der Waals surface area contributed by atoms with E-state index in [0.717, 1.165) is 22.2 Å². The highest BCUT2D eigenvalue weighted by molar-refractivity contribution is 5.95. The van der Waals surface area contributed by atoms with Gasteiger partial charge in [-0.1, -0.05) is 66.7 Å². The van der Waals surface area contributed by atoms with Crippen LogP contribution in [-0.4, -0.2) is 81.8 Å². The minimum atomic E-state index is -1.35. The van der Waals surface area contributed by atoms with Crippen LogP contribution in [0.3, 0.4) is 0 Å². The summed E-state index contributed by atoms with van der Waals surface area (Å²) in [5.74, 6) is -2.05. The zero-order valence-corrected chi connectivity index (χ0v) is 24.8. The minimum Gasteiger partial charge on any atom is -0.481 e. The molecule has 5 amide bonds. The monoisotopic (exact) mass is 628 g/mol. The summed E-state index contributed by atoms with van der Waals surface area (Å²) < 4.78 is 4.45. The second-order valence-corrected chi connectivity index (χ2v) is 10.8. The number of aliphatic carboxylic acids is 1. The van der Waals surface area contributed by atoms with Crippen LogP contribution in [0.25, 0.3) is 22.2 Å². The van der Waals surface area contributed by atoms with Gasteiger partial charge in [0.25, 0.3) is 5.91 Å². The molecule has 1 fully saturated rings. The van der Waals surface area contributed by atoms with E-state index in [4.69, 9.17) is 4.74 Å². The van der Waals surface area contributed by atoms with Crippen LogP contribution in [0.2, 0.25) is 0 Å². The van der Waals surface area contributed by atoms with E-state index in [2.05, 4.69) is 31.2 Å². The summed E-state index contributed by atoms with van der Waals surface area (Å²) in [6.45, 7) is -0.542. The number of fused-ring (bicyclic) bond motifs is 1. The van der Waals surface area contributed by atoms with Gasteiger partial charge in [0, 0.05) is 13.0 Å². The molecule has 0 radical (unpaired) electrons. The van der Waals surface area contributed by atoms with Gasteiger partial charge >= 0.3 is 24.0 Å². The van der Waals surface area contributed by atoms with Crippen LogP contribution in [0, 0.1) is 0 Å². The third-order valence-electron chi connectivity index (χ3n) is 7.51. The molecule has 238 valence electrons. The zero-order valence-electron chi connectivity index (χ0n) is 24.8. The van der Waals surface area contributed by atoms with Crippen LogP contribution in [-0.2, 0) is 25.7 Å². The first-order chi connectivity index (χ1) is 22.2. The summed E-state index contributed by atoms with van der Waals surface area (Å²) in [5, 5.41) is 19.7. The molecule has 1 aliphatic heterocycles. The Morgan fingerprint density at radius 2 is 1.65 bits per heavy atom. The first-order valence-electron chi connectivity index (χ1n) is 14.7. The number of urea groups is 1. The van der Waals surface area contributed by atoms with Crippen molar-refractivity contribution < 1.29 is 38.3 Å². The number of nitrogens with zero attached hydrogens (tertiary/aromatic N) is 2. The van der Waals surface area contributed by atoms with Gasteiger partial charge in [0.15, 0.2) is 6.54 Å². The molecule has 2 unspecified atom stereocenters. The lowest BCUT2D eigenvalue weighted by Crippen LogP contribution is -2.60. The average Bonchev–Trinajstić information content (AvgIpc) is 3.58. The standard InChI is InChI=1S/C32H33N7O7/c40-27(19-39(28(41)18-34-31(39)44)16-6-15-33-30-35-24-9-4-5-10-25(24)36-30)37-26(17-29(42)43)38-32(45)46-20-21-11-13-23(14-12-21)22-7-2-1-3-8-22/h1-5,7-14,26H,6,15-20H2,(H5-,33,34,35,36,37,38,40,42,43,44,45)/p+1. The summed E-state index contributed by atoms with van der Waals surface area (Å²) in [4.78, 5) is 70.3. The maximum absolute atomic E-state index is 13.1. The first-order valence-corrected chi connectivity index (χ1v) is 14.7. The quantitative estimate of drug-likeness (QED) is 0.0527. The summed E-state index contributed by atoms with van der Waals surface area (Å²) >= 11 is 0. The van der Waals surface area contributed by atoms with Gasteiger partial charge in [0.2, 0.25) is 5.95 Å². The first kappa shape index (κ1) is 31.7. The van der Waals surface area contributed by atoms with Crippen LogP contribution in [0.5, 0.6) is 0 Å². The predicted molar refractivity (Wildman–Crippen MR) is 167 cm³/mol. The van der Waals surface area contributed by atoms with Gasteiger partial charge in [-0.25, -0.2) is 19.4 Å². The Hall–Kier alpha value is -5.76. The number of H-pyrrole nitrogens is 1. The third-order valence-corrected chi connectivity index (χ3v) is 7.51. The van der Waals surface area contributed by atoms with Crippen molar-refractivity contribution in [1.82, 2.24) is 25.9 Å². The van der Waals surface area contributed by atoms with Crippen molar-refractivity contribution >= 4 is 46.9 Å². The fourth-order valence-corrected chi connectivity index (χ4v) is 5.18. The van der Waals surface area contributed by atoms with Crippen molar-refractivity contribution in [3.05, 3.63) is 84.4 Å². The Kier molecular flexibility index (Phi) is 9.87. The van der Waals surface area contributed by atoms with E-state index < -0.39 is 53.5 Å². The number of hydrogen-bond acceptors (Lipinski definition) is 8. The molecule has 1 aliphatic rings. The molecule has 1 saturated heterocycles. The maximum atomic E-state index is 13.1. The van der Waals surface area contributed by atoms with Crippen LogP contribution in [0.1, 0.15) is 18.4 Å². The number of quaternary nitrogens is 1. The highest BCUT2D eigenvalue weighted by Gasteiger charge is 2.51. The number of ether oxygens (including phenoxy) is 1. The maximum Gasteiger partial charge on any atom is 0.425 e. The Balaban J connectivity index is 1.14. The number of para-hydroxylation sites is 2. The number of amides is 5. The van der Waals surface area contributed by atoms with Crippen LogP contribution in [0.15, 0.2) is 78.9 Å². The Morgan fingerprint density at radius 1 is 0.935 bits per heavy atom. The van der Waals surface area contributed by atoms with Crippen LogP contribution in [0.4, 0.5) is 15.5 Å². The van der Waals surface area contributed by atoms with Crippen molar-refractivity contribution in [2.45, 2.75) is 25.6 Å². The fourth-order valence-electron chi connectivity index (χ4n) is 5.18. The molecule has 3 aromatic carbocycles. The summed E-state index contributed by atoms with van der Waals surface area (Å²) in [6.07, 6.45) is -2.63. The lowest BCUT2D eigenvalue weighted by molar-refractivity contribution is -0.758. The molecule has 0 bridgehead atoms. The normalized spacial score (nSPS) is 16.4. The van der Waals surface area contributed by atoms with Crippen molar-refractivity contribution in [3.63, 3.8) is 0 Å². The second-order valence-electron chi connectivity index (χ2n) is 10.8. The summed E-state index contributed by atoms with van der Waals surface area (Å²) in [6, 6.07) is 24.0.